The van der Waals surface area contributed by atoms with Crippen LogP contribution in [0.2, 0.25) is 10.0 Å². The zero-order chi connectivity index (χ0) is 14.5. The molecule has 3 N–H and O–H groups in total. The van der Waals surface area contributed by atoms with Gasteiger partial charge in [-0.1, -0.05) is 35.3 Å². The van der Waals surface area contributed by atoms with Gasteiger partial charge in [-0.05, 0) is 18.2 Å². The third-order valence-electron chi connectivity index (χ3n) is 2.34. The highest BCUT2D eigenvalue weighted by Crippen LogP contribution is 2.25. The molecule has 1 aromatic carbocycles. The van der Waals surface area contributed by atoms with Gasteiger partial charge in [0.2, 0.25) is 5.91 Å². The minimum atomic E-state index is -0.213. The number of halogens is 2. The number of thioether (sulfide) groups is 1. The van der Waals surface area contributed by atoms with E-state index in [0.717, 1.165) is 4.90 Å². The summed E-state index contributed by atoms with van der Waals surface area (Å²) in [6.45, 7) is 0. The molecule has 0 aliphatic heterocycles. The summed E-state index contributed by atoms with van der Waals surface area (Å²) in [4.78, 5) is 16.6. The van der Waals surface area contributed by atoms with E-state index in [1.807, 2.05) is 18.2 Å². The average molecular weight is 328 g/mol. The Bertz CT molecular complexity index is 637. The number of nitrogens with two attached hydrogens (primary N) is 1. The topological polar surface area (TPSA) is 68.0 Å². The van der Waals surface area contributed by atoms with Crippen LogP contribution < -0.4 is 11.1 Å². The summed E-state index contributed by atoms with van der Waals surface area (Å²) in [5.41, 5.74) is 6.45. The van der Waals surface area contributed by atoms with Gasteiger partial charge in [0.25, 0.3) is 0 Å². The lowest BCUT2D eigenvalue weighted by atomic mass is 10.3. The van der Waals surface area contributed by atoms with Crippen LogP contribution in [0.1, 0.15) is 0 Å². The Hall–Kier alpha value is -1.43. The van der Waals surface area contributed by atoms with Gasteiger partial charge in [0, 0.05) is 16.8 Å². The van der Waals surface area contributed by atoms with Gasteiger partial charge >= 0.3 is 0 Å². The van der Waals surface area contributed by atoms with E-state index in [0.29, 0.717) is 21.6 Å². The van der Waals surface area contributed by atoms with Gasteiger partial charge in [0.05, 0.1) is 15.8 Å². The molecule has 0 saturated heterocycles. The maximum Gasteiger partial charge on any atom is 0.235 e. The van der Waals surface area contributed by atoms with Crippen LogP contribution in [-0.2, 0) is 4.79 Å². The zero-order valence-electron chi connectivity index (χ0n) is 10.3. The first-order valence-electron chi connectivity index (χ1n) is 5.64. The highest BCUT2D eigenvalue weighted by molar-refractivity contribution is 8.00. The molecule has 2 aromatic rings. The molecule has 0 fully saturated rings. The van der Waals surface area contributed by atoms with E-state index < -0.39 is 0 Å². The molecule has 0 aliphatic carbocycles. The second-order valence-electron chi connectivity index (χ2n) is 3.86. The Kier molecular flexibility index (Phi) is 5.11. The fourth-order valence-corrected chi connectivity index (χ4v) is 2.63. The van der Waals surface area contributed by atoms with Gasteiger partial charge in [-0.25, -0.2) is 4.98 Å². The third-order valence-corrected chi connectivity index (χ3v) is 3.93. The molecule has 2 rings (SSSR count). The summed E-state index contributed by atoms with van der Waals surface area (Å²) in [6, 6.07) is 8.89. The Labute approximate surface area is 130 Å². The lowest BCUT2D eigenvalue weighted by Gasteiger charge is -2.07. The third kappa shape index (κ3) is 4.03. The van der Waals surface area contributed by atoms with Crippen LogP contribution in [0.4, 0.5) is 11.5 Å². The lowest BCUT2D eigenvalue weighted by Crippen LogP contribution is -2.15. The summed E-state index contributed by atoms with van der Waals surface area (Å²) in [5, 5.41) is 3.34. The van der Waals surface area contributed by atoms with Gasteiger partial charge in [0.15, 0.2) is 5.82 Å². The summed E-state index contributed by atoms with van der Waals surface area (Å²) in [7, 11) is 0. The van der Waals surface area contributed by atoms with E-state index in [9.17, 15) is 4.79 Å². The molecule has 0 unspecified atom stereocenters. The maximum atomic E-state index is 11.8. The molecule has 4 nitrogen and oxygen atoms in total. The van der Waals surface area contributed by atoms with Crippen molar-refractivity contribution in [3.8, 4) is 0 Å². The number of rotatable bonds is 4. The Morgan fingerprint density at radius 3 is 2.80 bits per heavy atom. The van der Waals surface area contributed by atoms with Crippen LogP contribution in [0, 0.1) is 0 Å². The zero-order valence-corrected chi connectivity index (χ0v) is 12.6. The predicted octanol–water partition coefficient (Wildman–Crippen LogP) is 3.70. The molecule has 0 bridgehead atoms. The highest BCUT2D eigenvalue weighted by Gasteiger charge is 2.09. The molecule has 1 aromatic heterocycles. The van der Waals surface area contributed by atoms with Crippen LogP contribution in [0.25, 0.3) is 0 Å². The lowest BCUT2D eigenvalue weighted by molar-refractivity contribution is -0.113. The molecule has 1 heterocycles. The number of nitrogen functional groups attached to an aromatic ring is 1. The maximum absolute atomic E-state index is 11.8. The number of aromatic nitrogens is 1. The standard InChI is InChI=1S/C13H11Cl2N3OS/c14-8-5-9(15)13(17-6-8)18-12(19)7-20-11-4-2-1-3-10(11)16/h1-6H,7,16H2,(H,17,18,19). The Morgan fingerprint density at radius 1 is 1.35 bits per heavy atom. The van der Waals surface area contributed by atoms with Crippen molar-refractivity contribution >= 4 is 52.4 Å². The number of pyridine rings is 1. The monoisotopic (exact) mass is 327 g/mol. The number of carbonyl (C=O) groups excluding carboxylic acids is 1. The fourth-order valence-electron chi connectivity index (χ4n) is 1.43. The number of hydrogen-bond acceptors (Lipinski definition) is 4. The number of hydrogen-bond donors (Lipinski definition) is 2. The van der Waals surface area contributed by atoms with Crippen molar-refractivity contribution in [2.24, 2.45) is 0 Å². The van der Waals surface area contributed by atoms with Crippen LogP contribution in [0.5, 0.6) is 0 Å². The van der Waals surface area contributed by atoms with Crippen LogP contribution in [0.15, 0.2) is 41.4 Å². The average Bonchev–Trinajstić information content (AvgIpc) is 2.41. The summed E-state index contributed by atoms with van der Waals surface area (Å²) in [5.74, 6) is 0.298. The molecule has 0 spiro atoms. The van der Waals surface area contributed by atoms with Crippen molar-refractivity contribution in [3.05, 3.63) is 46.6 Å². The molecular weight excluding hydrogens is 317 g/mol. The van der Waals surface area contributed by atoms with Crippen molar-refractivity contribution in [2.45, 2.75) is 4.90 Å². The van der Waals surface area contributed by atoms with Gasteiger partial charge in [-0.3, -0.25) is 4.79 Å². The molecule has 0 saturated carbocycles. The van der Waals surface area contributed by atoms with Crippen molar-refractivity contribution in [3.63, 3.8) is 0 Å². The number of carbonyl (C=O) groups is 1. The smallest absolute Gasteiger partial charge is 0.235 e. The van der Waals surface area contributed by atoms with Crippen molar-refractivity contribution in [1.29, 1.82) is 0 Å². The highest BCUT2D eigenvalue weighted by atomic mass is 35.5. The quantitative estimate of drug-likeness (QED) is 0.663. The number of nitrogens with one attached hydrogen (secondary N) is 1. The van der Waals surface area contributed by atoms with E-state index in [-0.39, 0.29) is 11.7 Å². The Balaban J connectivity index is 1.94. The normalized spacial score (nSPS) is 10.3. The minimum absolute atomic E-state index is 0.213. The molecule has 0 atom stereocenters. The molecule has 20 heavy (non-hydrogen) atoms. The van der Waals surface area contributed by atoms with Crippen molar-refractivity contribution < 1.29 is 4.79 Å². The van der Waals surface area contributed by atoms with Crippen molar-refractivity contribution in [1.82, 2.24) is 4.98 Å². The second-order valence-corrected chi connectivity index (χ2v) is 5.72. The first-order valence-corrected chi connectivity index (χ1v) is 7.38. The van der Waals surface area contributed by atoms with Gasteiger partial charge in [0.1, 0.15) is 0 Å². The number of anilines is 2. The molecule has 1 amide bonds. The number of nitrogens with zero attached hydrogens (tertiary/aromatic N) is 1. The van der Waals surface area contributed by atoms with E-state index >= 15 is 0 Å². The fraction of sp³-hybridized carbons (Fsp3) is 0.0769. The first-order chi connectivity index (χ1) is 9.56. The second kappa shape index (κ2) is 6.83. The van der Waals surface area contributed by atoms with Crippen LogP contribution in [0.3, 0.4) is 0 Å². The summed E-state index contributed by atoms with van der Waals surface area (Å²) < 4.78 is 0. The molecule has 0 radical (unpaired) electrons. The van der Waals surface area contributed by atoms with E-state index in [1.54, 1.807) is 6.07 Å². The van der Waals surface area contributed by atoms with E-state index in [1.165, 1.54) is 24.0 Å². The minimum Gasteiger partial charge on any atom is -0.398 e. The van der Waals surface area contributed by atoms with Gasteiger partial charge in [-0.15, -0.1) is 11.8 Å². The molecule has 0 aliphatic rings. The van der Waals surface area contributed by atoms with Crippen molar-refractivity contribution in [2.75, 3.05) is 16.8 Å². The van der Waals surface area contributed by atoms with E-state index in [4.69, 9.17) is 28.9 Å². The first kappa shape index (κ1) is 15.0. The Morgan fingerprint density at radius 2 is 2.10 bits per heavy atom. The SMILES string of the molecule is Nc1ccccc1SCC(=O)Nc1ncc(Cl)cc1Cl. The summed E-state index contributed by atoms with van der Waals surface area (Å²) in [6.07, 6.45) is 1.42. The van der Waals surface area contributed by atoms with Crippen LogP contribution in [-0.4, -0.2) is 16.6 Å². The summed E-state index contributed by atoms with van der Waals surface area (Å²) >= 11 is 13.0. The molecular formula is C13H11Cl2N3OS. The van der Waals surface area contributed by atoms with E-state index in [2.05, 4.69) is 10.3 Å². The number of benzene rings is 1. The predicted molar refractivity (Wildman–Crippen MR) is 84.5 cm³/mol. The molecule has 104 valence electrons. The largest absolute Gasteiger partial charge is 0.398 e. The van der Waals surface area contributed by atoms with Gasteiger partial charge in [-0.2, -0.15) is 0 Å². The van der Waals surface area contributed by atoms with Crippen LogP contribution >= 0.6 is 35.0 Å². The molecule has 7 heteroatoms. The number of para-hydroxylation sites is 1. The van der Waals surface area contributed by atoms with Gasteiger partial charge < -0.3 is 11.1 Å². The number of amides is 1.